The van der Waals surface area contributed by atoms with Gasteiger partial charge in [0.1, 0.15) is 0 Å². The summed E-state index contributed by atoms with van der Waals surface area (Å²) in [5.74, 6) is 0.476. The van der Waals surface area contributed by atoms with Gasteiger partial charge in [-0.15, -0.1) is 0 Å². The molecule has 0 bridgehead atoms. The van der Waals surface area contributed by atoms with Crippen LogP contribution >= 0.6 is 0 Å². The summed E-state index contributed by atoms with van der Waals surface area (Å²) in [7, 11) is 0. The Morgan fingerprint density at radius 2 is 1.94 bits per heavy atom. The van der Waals surface area contributed by atoms with Crippen LogP contribution in [0.3, 0.4) is 0 Å². The number of aromatic nitrogens is 4. The van der Waals surface area contributed by atoms with E-state index in [2.05, 4.69) is 20.3 Å². The van der Waals surface area contributed by atoms with Crippen LogP contribution in [0, 0.1) is 6.92 Å². The molecule has 1 aromatic carbocycles. The van der Waals surface area contributed by atoms with Crippen LogP contribution in [0.2, 0.25) is 0 Å². The van der Waals surface area contributed by atoms with Crippen molar-refractivity contribution in [2.24, 2.45) is 0 Å². The van der Waals surface area contributed by atoms with Crippen molar-refractivity contribution in [3.8, 4) is 0 Å². The van der Waals surface area contributed by atoms with E-state index in [1.54, 1.807) is 12.5 Å². The Labute approximate surface area is 186 Å². The number of carbonyl (C=O) groups is 1. The number of nitrogens with one attached hydrogen (secondary N) is 2. The van der Waals surface area contributed by atoms with Crippen molar-refractivity contribution in [1.82, 2.24) is 24.8 Å². The molecule has 32 heavy (non-hydrogen) atoms. The molecule has 1 amide bonds. The molecule has 9 nitrogen and oxygen atoms in total. The second-order valence-electron chi connectivity index (χ2n) is 7.88. The summed E-state index contributed by atoms with van der Waals surface area (Å²) in [4.78, 5) is 38.3. The molecule has 168 valence electrons. The van der Waals surface area contributed by atoms with Gasteiger partial charge in [0.2, 0.25) is 11.9 Å². The van der Waals surface area contributed by atoms with Crippen molar-refractivity contribution in [1.29, 1.82) is 0 Å². The third kappa shape index (κ3) is 5.61. The number of amides is 1. The molecular formula is C23H28N6O3. The Morgan fingerprint density at radius 1 is 1.19 bits per heavy atom. The average Bonchev–Trinajstić information content (AvgIpc) is 3.31. The number of anilines is 1. The SMILES string of the molecule is Cc1nc(N2CCOCC2)[nH]c(=O)c1CCC(=O)NCc1ccc(Cn2ccnc2)cc1. The number of benzene rings is 1. The van der Waals surface area contributed by atoms with E-state index in [1.165, 1.54) is 5.56 Å². The molecule has 0 aliphatic carbocycles. The predicted molar refractivity (Wildman–Crippen MR) is 121 cm³/mol. The number of rotatable bonds is 8. The van der Waals surface area contributed by atoms with E-state index in [0.29, 0.717) is 56.5 Å². The van der Waals surface area contributed by atoms with Crippen LogP contribution in [0.25, 0.3) is 0 Å². The van der Waals surface area contributed by atoms with E-state index < -0.39 is 0 Å². The van der Waals surface area contributed by atoms with E-state index in [9.17, 15) is 9.59 Å². The Balaban J connectivity index is 1.27. The highest BCUT2D eigenvalue weighted by molar-refractivity contribution is 5.76. The molecule has 0 unspecified atom stereocenters. The van der Waals surface area contributed by atoms with E-state index in [0.717, 1.165) is 12.1 Å². The Morgan fingerprint density at radius 3 is 2.62 bits per heavy atom. The van der Waals surface area contributed by atoms with Crippen molar-refractivity contribution in [3.05, 3.63) is 75.7 Å². The average molecular weight is 437 g/mol. The topological polar surface area (TPSA) is 105 Å². The lowest BCUT2D eigenvalue weighted by atomic mass is 10.1. The molecule has 0 atom stereocenters. The van der Waals surface area contributed by atoms with Crippen molar-refractivity contribution in [3.63, 3.8) is 0 Å². The molecule has 1 fully saturated rings. The van der Waals surface area contributed by atoms with Gasteiger partial charge in [0.05, 0.1) is 19.5 Å². The van der Waals surface area contributed by atoms with Gasteiger partial charge in [-0.2, -0.15) is 0 Å². The highest BCUT2D eigenvalue weighted by Gasteiger charge is 2.16. The number of H-pyrrole nitrogens is 1. The summed E-state index contributed by atoms with van der Waals surface area (Å²) in [6.45, 7) is 5.68. The first-order valence-electron chi connectivity index (χ1n) is 10.8. The zero-order valence-electron chi connectivity index (χ0n) is 18.2. The summed E-state index contributed by atoms with van der Waals surface area (Å²) in [5, 5.41) is 2.93. The van der Waals surface area contributed by atoms with Gasteiger partial charge in [0.25, 0.3) is 5.56 Å². The maximum absolute atomic E-state index is 12.6. The monoisotopic (exact) mass is 436 g/mol. The first-order valence-corrected chi connectivity index (χ1v) is 10.8. The first-order chi connectivity index (χ1) is 15.6. The van der Waals surface area contributed by atoms with E-state index in [1.807, 2.05) is 46.9 Å². The zero-order chi connectivity index (χ0) is 22.3. The number of nitrogens with zero attached hydrogens (tertiary/aromatic N) is 4. The summed E-state index contributed by atoms with van der Waals surface area (Å²) in [6.07, 6.45) is 6.06. The zero-order valence-corrected chi connectivity index (χ0v) is 18.2. The van der Waals surface area contributed by atoms with Gasteiger partial charge in [-0.3, -0.25) is 14.6 Å². The maximum atomic E-state index is 12.6. The summed E-state index contributed by atoms with van der Waals surface area (Å²) in [5.41, 5.74) is 3.23. The number of hydrogen-bond acceptors (Lipinski definition) is 6. The van der Waals surface area contributed by atoms with Gasteiger partial charge < -0.3 is 19.5 Å². The molecule has 1 saturated heterocycles. The fraction of sp³-hybridized carbons (Fsp3) is 0.391. The van der Waals surface area contributed by atoms with Crippen molar-refractivity contribution >= 4 is 11.9 Å². The van der Waals surface area contributed by atoms with Gasteiger partial charge >= 0.3 is 0 Å². The number of morpholine rings is 1. The van der Waals surface area contributed by atoms with Gasteiger partial charge in [-0.25, -0.2) is 9.97 Å². The highest BCUT2D eigenvalue weighted by atomic mass is 16.5. The third-order valence-corrected chi connectivity index (χ3v) is 5.56. The number of aryl methyl sites for hydroxylation is 1. The normalized spacial score (nSPS) is 13.8. The van der Waals surface area contributed by atoms with E-state index in [4.69, 9.17) is 4.74 Å². The molecule has 3 heterocycles. The smallest absolute Gasteiger partial charge is 0.255 e. The van der Waals surface area contributed by atoms with Crippen LogP contribution in [0.4, 0.5) is 5.95 Å². The van der Waals surface area contributed by atoms with Gasteiger partial charge in [0, 0.05) is 56.3 Å². The van der Waals surface area contributed by atoms with Crippen LogP contribution < -0.4 is 15.8 Å². The largest absolute Gasteiger partial charge is 0.378 e. The van der Waals surface area contributed by atoms with E-state index >= 15 is 0 Å². The lowest BCUT2D eigenvalue weighted by Gasteiger charge is -2.27. The third-order valence-electron chi connectivity index (χ3n) is 5.56. The molecule has 3 aromatic rings. The maximum Gasteiger partial charge on any atom is 0.255 e. The molecule has 0 radical (unpaired) electrons. The lowest BCUT2D eigenvalue weighted by Crippen LogP contribution is -2.38. The van der Waals surface area contributed by atoms with Crippen LogP contribution in [0.1, 0.15) is 28.8 Å². The number of carbonyl (C=O) groups excluding carboxylic acids is 1. The van der Waals surface area contributed by atoms with Crippen LogP contribution in [-0.4, -0.2) is 51.7 Å². The van der Waals surface area contributed by atoms with Crippen LogP contribution in [0.15, 0.2) is 47.8 Å². The molecule has 9 heteroatoms. The molecule has 2 N–H and O–H groups in total. The Bertz CT molecular complexity index is 1090. The van der Waals surface area contributed by atoms with Gasteiger partial charge in [0.15, 0.2) is 0 Å². The molecule has 2 aromatic heterocycles. The van der Waals surface area contributed by atoms with Crippen LogP contribution in [-0.2, 0) is 29.0 Å². The fourth-order valence-corrected chi connectivity index (χ4v) is 3.70. The second kappa shape index (κ2) is 10.2. The minimum Gasteiger partial charge on any atom is -0.378 e. The minimum absolute atomic E-state index is 0.0939. The molecule has 1 aliphatic heterocycles. The standard InChI is InChI=1S/C23H28N6O3/c1-17-20(22(31)27-23(26-17)29-10-12-32-13-11-29)6-7-21(30)25-14-18-2-4-19(5-3-18)15-28-9-8-24-16-28/h2-5,8-9,16H,6-7,10-15H2,1H3,(H,25,30)(H,26,27,31). The summed E-state index contributed by atoms with van der Waals surface area (Å²) >= 11 is 0. The number of ether oxygens (including phenoxy) is 1. The minimum atomic E-state index is -0.180. The van der Waals surface area contributed by atoms with Crippen molar-refractivity contribution in [2.75, 3.05) is 31.2 Å². The van der Waals surface area contributed by atoms with Gasteiger partial charge in [-0.1, -0.05) is 24.3 Å². The molecule has 4 rings (SSSR count). The fourth-order valence-electron chi connectivity index (χ4n) is 3.70. The summed E-state index contributed by atoms with van der Waals surface area (Å²) < 4.78 is 7.35. The quantitative estimate of drug-likeness (QED) is 0.553. The Hall–Kier alpha value is -3.46. The van der Waals surface area contributed by atoms with Crippen LogP contribution in [0.5, 0.6) is 0 Å². The number of aromatic amines is 1. The Kier molecular flexibility index (Phi) is 6.96. The number of imidazole rings is 1. The van der Waals surface area contributed by atoms with Crippen molar-refractivity contribution in [2.45, 2.75) is 32.9 Å². The van der Waals surface area contributed by atoms with E-state index in [-0.39, 0.29) is 17.9 Å². The highest BCUT2D eigenvalue weighted by Crippen LogP contribution is 2.11. The first kappa shape index (κ1) is 21.8. The second-order valence-corrected chi connectivity index (χ2v) is 7.88. The summed E-state index contributed by atoms with van der Waals surface area (Å²) in [6, 6.07) is 8.11. The molecular weight excluding hydrogens is 408 g/mol. The predicted octanol–water partition coefficient (Wildman–Crippen LogP) is 1.41. The van der Waals surface area contributed by atoms with Gasteiger partial charge in [-0.05, 0) is 24.5 Å². The molecule has 1 aliphatic rings. The number of hydrogen-bond donors (Lipinski definition) is 2. The molecule has 0 spiro atoms. The van der Waals surface area contributed by atoms with Crippen molar-refractivity contribution < 1.29 is 9.53 Å². The molecule has 0 saturated carbocycles. The lowest BCUT2D eigenvalue weighted by molar-refractivity contribution is -0.121.